The SMILES string of the molecule is CCCCC(CC)CNCC(O)COc1ccc(C)cc1. The van der Waals surface area contributed by atoms with E-state index < -0.39 is 6.10 Å². The van der Waals surface area contributed by atoms with Crippen LogP contribution in [0.3, 0.4) is 0 Å². The molecule has 0 heterocycles. The number of unbranched alkanes of at least 4 members (excludes halogenated alkanes) is 1. The minimum Gasteiger partial charge on any atom is -0.491 e. The first-order valence-electron chi connectivity index (χ1n) is 8.23. The molecule has 0 aliphatic rings. The molecule has 1 aromatic rings. The van der Waals surface area contributed by atoms with Crippen LogP contribution < -0.4 is 10.1 Å². The summed E-state index contributed by atoms with van der Waals surface area (Å²) in [6.07, 6.45) is 4.55. The van der Waals surface area contributed by atoms with E-state index in [1.54, 1.807) is 0 Å². The lowest BCUT2D eigenvalue weighted by molar-refractivity contribution is 0.105. The molecule has 120 valence electrons. The Morgan fingerprint density at radius 3 is 2.48 bits per heavy atom. The fraction of sp³-hybridized carbons (Fsp3) is 0.667. The van der Waals surface area contributed by atoms with Gasteiger partial charge in [-0.1, -0.05) is 50.8 Å². The zero-order valence-electron chi connectivity index (χ0n) is 13.8. The second kappa shape index (κ2) is 10.6. The molecule has 2 N–H and O–H groups in total. The molecule has 1 aromatic carbocycles. The summed E-state index contributed by atoms with van der Waals surface area (Å²) in [6, 6.07) is 7.90. The van der Waals surface area contributed by atoms with Crippen LogP contribution in [0.2, 0.25) is 0 Å². The van der Waals surface area contributed by atoms with E-state index in [9.17, 15) is 5.11 Å². The predicted octanol–water partition coefficient (Wildman–Crippen LogP) is 3.54. The molecule has 0 spiro atoms. The number of ether oxygens (including phenoxy) is 1. The summed E-state index contributed by atoms with van der Waals surface area (Å²) in [5, 5.41) is 13.3. The van der Waals surface area contributed by atoms with E-state index in [-0.39, 0.29) is 0 Å². The van der Waals surface area contributed by atoms with Crippen molar-refractivity contribution in [1.29, 1.82) is 0 Å². The Labute approximate surface area is 129 Å². The van der Waals surface area contributed by atoms with Gasteiger partial charge >= 0.3 is 0 Å². The molecule has 0 aliphatic carbocycles. The minimum absolute atomic E-state index is 0.335. The second-order valence-corrected chi connectivity index (χ2v) is 5.85. The zero-order valence-corrected chi connectivity index (χ0v) is 13.8. The Morgan fingerprint density at radius 2 is 1.86 bits per heavy atom. The molecule has 2 unspecified atom stereocenters. The summed E-state index contributed by atoms with van der Waals surface area (Å²) >= 11 is 0. The van der Waals surface area contributed by atoms with Gasteiger partial charge in [0.2, 0.25) is 0 Å². The maximum absolute atomic E-state index is 9.94. The summed E-state index contributed by atoms with van der Waals surface area (Å²) in [4.78, 5) is 0. The van der Waals surface area contributed by atoms with Crippen LogP contribution in [0.4, 0.5) is 0 Å². The van der Waals surface area contributed by atoms with Crippen molar-refractivity contribution >= 4 is 0 Å². The molecule has 21 heavy (non-hydrogen) atoms. The number of benzene rings is 1. The maximum atomic E-state index is 9.94. The van der Waals surface area contributed by atoms with E-state index in [4.69, 9.17) is 4.74 Å². The van der Waals surface area contributed by atoms with Crippen molar-refractivity contribution in [2.45, 2.75) is 52.6 Å². The number of hydrogen-bond acceptors (Lipinski definition) is 3. The summed E-state index contributed by atoms with van der Waals surface area (Å²) in [5.74, 6) is 1.53. The lowest BCUT2D eigenvalue weighted by Crippen LogP contribution is -2.34. The van der Waals surface area contributed by atoms with Crippen molar-refractivity contribution in [2.75, 3.05) is 19.7 Å². The Hall–Kier alpha value is -1.06. The fourth-order valence-electron chi connectivity index (χ4n) is 2.28. The topological polar surface area (TPSA) is 41.5 Å². The van der Waals surface area contributed by atoms with E-state index in [1.807, 2.05) is 31.2 Å². The molecule has 0 saturated heterocycles. The molecule has 2 atom stereocenters. The standard InChI is InChI=1S/C18H31NO2/c1-4-6-7-16(5-2)12-19-13-17(20)14-21-18-10-8-15(3)9-11-18/h8-11,16-17,19-20H,4-7,12-14H2,1-3H3. The van der Waals surface area contributed by atoms with Crippen molar-refractivity contribution in [3.05, 3.63) is 29.8 Å². The van der Waals surface area contributed by atoms with Crippen LogP contribution in [0, 0.1) is 12.8 Å². The van der Waals surface area contributed by atoms with Gasteiger partial charge in [-0.2, -0.15) is 0 Å². The molecular weight excluding hydrogens is 262 g/mol. The van der Waals surface area contributed by atoms with Crippen LogP contribution in [-0.2, 0) is 0 Å². The normalized spacial score (nSPS) is 13.9. The van der Waals surface area contributed by atoms with Crippen molar-refractivity contribution in [2.24, 2.45) is 5.92 Å². The maximum Gasteiger partial charge on any atom is 0.119 e. The van der Waals surface area contributed by atoms with Gasteiger partial charge in [0.25, 0.3) is 0 Å². The van der Waals surface area contributed by atoms with E-state index in [1.165, 1.54) is 31.2 Å². The first-order chi connectivity index (χ1) is 10.2. The monoisotopic (exact) mass is 293 g/mol. The van der Waals surface area contributed by atoms with Gasteiger partial charge in [0, 0.05) is 6.54 Å². The molecule has 0 amide bonds. The van der Waals surface area contributed by atoms with Crippen molar-refractivity contribution in [3.63, 3.8) is 0 Å². The number of nitrogens with one attached hydrogen (secondary N) is 1. The Kier molecular flexibility index (Phi) is 9.11. The number of aliphatic hydroxyl groups excluding tert-OH is 1. The van der Waals surface area contributed by atoms with Crippen LogP contribution in [0.5, 0.6) is 5.75 Å². The highest BCUT2D eigenvalue weighted by molar-refractivity contribution is 5.26. The Bertz CT molecular complexity index is 364. The summed E-state index contributed by atoms with van der Waals surface area (Å²) in [6.45, 7) is 8.42. The second-order valence-electron chi connectivity index (χ2n) is 5.85. The average molecular weight is 293 g/mol. The zero-order chi connectivity index (χ0) is 15.5. The quantitative estimate of drug-likeness (QED) is 0.655. The Balaban J connectivity index is 2.15. The van der Waals surface area contributed by atoms with Crippen LogP contribution >= 0.6 is 0 Å². The first-order valence-corrected chi connectivity index (χ1v) is 8.23. The largest absolute Gasteiger partial charge is 0.491 e. The van der Waals surface area contributed by atoms with Crippen molar-refractivity contribution < 1.29 is 9.84 Å². The third kappa shape index (κ3) is 8.08. The van der Waals surface area contributed by atoms with Crippen LogP contribution in [0.15, 0.2) is 24.3 Å². The van der Waals surface area contributed by atoms with E-state index in [0.29, 0.717) is 13.2 Å². The van der Waals surface area contributed by atoms with Gasteiger partial charge in [-0.25, -0.2) is 0 Å². The molecule has 3 heteroatoms. The van der Waals surface area contributed by atoms with Gasteiger partial charge < -0.3 is 15.2 Å². The third-order valence-electron chi connectivity index (χ3n) is 3.82. The average Bonchev–Trinajstić information content (AvgIpc) is 2.50. The molecule has 0 aliphatic heterocycles. The summed E-state index contributed by atoms with van der Waals surface area (Å²) in [7, 11) is 0. The van der Waals surface area contributed by atoms with Gasteiger partial charge in [0.05, 0.1) is 0 Å². The van der Waals surface area contributed by atoms with Crippen LogP contribution in [-0.4, -0.2) is 30.9 Å². The highest BCUT2D eigenvalue weighted by atomic mass is 16.5. The number of rotatable bonds is 11. The van der Waals surface area contributed by atoms with Gasteiger partial charge in [-0.3, -0.25) is 0 Å². The molecule has 0 aromatic heterocycles. The molecule has 0 bridgehead atoms. The first kappa shape index (κ1) is 18.0. The smallest absolute Gasteiger partial charge is 0.119 e. The van der Waals surface area contributed by atoms with Crippen LogP contribution in [0.25, 0.3) is 0 Å². The lowest BCUT2D eigenvalue weighted by Gasteiger charge is -2.17. The van der Waals surface area contributed by atoms with E-state index in [2.05, 4.69) is 19.2 Å². The van der Waals surface area contributed by atoms with Gasteiger partial charge in [0.1, 0.15) is 18.5 Å². The highest BCUT2D eigenvalue weighted by Crippen LogP contribution is 2.12. The molecule has 0 saturated carbocycles. The highest BCUT2D eigenvalue weighted by Gasteiger charge is 2.08. The lowest BCUT2D eigenvalue weighted by atomic mass is 9.99. The van der Waals surface area contributed by atoms with Gasteiger partial charge in [-0.05, 0) is 37.9 Å². The molecule has 0 radical (unpaired) electrons. The number of hydrogen-bond donors (Lipinski definition) is 2. The van der Waals surface area contributed by atoms with E-state index >= 15 is 0 Å². The van der Waals surface area contributed by atoms with Crippen molar-refractivity contribution in [3.8, 4) is 5.75 Å². The molecular formula is C18H31NO2. The minimum atomic E-state index is -0.463. The van der Waals surface area contributed by atoms with Crippen LogP contribution in [0.1, 0.15) is 45.1 Å². The van der Waals surface area contributed by atoms with Gasteiger partial charge in [0.15, 0.2) is 0 Å². The third-order valence-corrected chi connectivity index (χ3v) is 3.82. The molecule has 0 fully saturated rings. The fourth-order valence-corrected chi connectivity index (χ4v) is 2.28. The summed E-state index contributed by atoms with van der Waals surface area (Å²) < 4.78 is 5.58. The van der Waals surface area contributed by atoms with E-state index in [0.717, 1.165) is 18.2 Å². The molecule has 1 rings (SSSR count). The van der Waals surface area contributed by atoms with Crippen molar-refractivity contribution in [1.82, 2.24) is 5.32 Å². The summed E-state index contributed by atoms with van der Waals surface area (Å²) in [5.41, 5.74) is 1.21. The number of aliphatic hydroxyl groups is 1. The van der Waals surface area contributed by atoms with Gasteiger partial charge in [-0.15, -0.1) is 0 Å². The Morgan fingerprint density at radius 1 is 1.14 bits per heavy atom. The predicted molar refractivity (Wildman–Crippen MR) is 88.9 cm³/mol. The number of aryl methyl sites for hydroxylation is 1. The molecule has 3 nitrogen and oxygen atoms in total.